The molecule has 1 fully saturated rings. The number of benzene rings is 1. The van der Waals surface area contributed by atoms with E-state index in [9.17, 15) is 4.79 Å². The molecule has 1 amide bonds. The molecule has 2 rings (SSSR count). The van der Waals surface area contributed by atoms with Crippen LogP contribution in [0.5, 0.6) is 0 Å². The molecule has 3 nitrogen and oxygen atoms in total. The van der Waals surface area contributed by atoms with E-state index in [0.717, 1.165) is 31.6 Å². The fourth-order valence-electron chi connectivity index (χ4n) is 2.67. The van der Waals surface area contributed by atoms with E-state index in [1.165, 1.54) is 12.0 Å². The van der Waals surface area contributed by atoms with E-state index in [1.54, 1.807) is 0 Å². The Hall–Kier alpha value is -1.35. The van der Waals surface area contributed by atoms with Crippen molar-refractivity contribution in [1.29, 1.82) is 0 Å². The Morgan fingerprint density at radius 1 is 1.32 bits per heavy atom. The molecule has 1 aromatic rings. The predicted molar refractivity (Wildman–Crippen MR) is 78.1 cm³/mol. The van der Waals surface area contributed by atoms with Crippen LogP contribution in [0.4, 0.5) is 0 Å². The monoisotopic (exact) mass is 260 g/mol. The highest BCUT2D eigenvalue weighted by Gasteiger charge is 2.21. The van der Waals surface area contributed by atoms with E-state index in [-0.39, 0.29) is 5.91 Å². The number of nitrogens with zero attached hydrogens (tertiary/aromatic N) is 2. The zero-order chi connectivity index (χ0) is 13.8. The molecule has 0 aliphatic carbocycles. The maximum atomic E-state index is 12.4. The minimum atomic E-state index is 0.183. The van der Waals surface area contributed by atoms with Crippen LogP contribution in [0, 0.1) is 5.92 Å². The molecule has 19 heavy (non-hydrogen) atoms. The summed E-state index contributed by atoms with van der Waals surface area (Å²) in [6, 6.07) is 8.03. The third kappa shape index (κ3) is 3.80. The minimum Gasteiger partial charge on any atom is -0.338 e. The molecule has 0 saturated carbocycles. The number of hydrogen-bond donors (Lipinski definition) is 0. The van der Waals surface area contributed by atoms with E-state index < -0.39 is 0 Å². The number of carbonyl (C=O) groups excluding carboxylic acids is 1. The predicted octanol–water partition coefficient (Wildman–Crippen LogP) is 2.62. The van der Waals surface area contributed by atoms with Crippen LogP contribution >= 0.6 is 0 Å². The van der Waals surface area contributed by atoms with E-state index in [1.807, 2.05) is 31.1 Å². The van der Waals surface area contributed by atoms with Crippen LogP contribution in [-0.2, 0) is 6.54 Å². The summed E-state index contributed by atoms with van der Waals surface area (Å²) >= 11 is 0. The number of amides is 1. The summed E-state index contributed by atoms with van der Waals surface area (Å²) < 4.78 is 0. The molecule has 0 aromatic heterocycles. The van der Waals surface area contributed by atoms with Gasteiger partial charge in [0.1, 0.15) is 0 Å². The molecule has 1 aliphatic rings. The molecule has 0 spiro atoms. The van der Waals surface area contributed by atoms with Gasteiger partial charge in [0.05, 0.1) is 0 Å². The van der Waals surface area contributed by atoms with Crippen LogP contribution in [0.1, 0.15) is 35.7 Å². The van der Waals surface area contributed by atoms with Gasteiger partial charge in [-0.05, 0) is 50.6 Å². The first-order chi connectivity index (χ1) is 9.06. The van der Waals surface area contributed by atoms with Crippen molar-refractivity contribution in [3.05, 3.63) is 35.4 Å². The second-order valence-electron chi connectivity index (χ2n) is 5.93. The molecular formula is C16H24N2O. The van der Waals surface area contributed by atoms with E-state index >= 15 is 0 Å². The largest absolute Gasteiger partial charge is 0.338 e. The first-order valence-corrected chi connectivity index (χ1v) is 7.09. The molecule has 1 heterocycles. The number of likely N-dealkylation sites (tertiary alicyclic amines) is 1. The molecular weight excluding hydrogens is 236 g/mol. The van der Waals surface area contributed by atoms with Crippen molar-refractivity contribution in [2.24, 2.45) is 5.92 Å². The second-order valence-corrected chi connectivity index (χ2v) is 5.93. The quantitative estimate of drug-likeness (QED) is 0.834. The Balaban J connectivity index is 2.02. The van der Waals surface area contributed by atoms with Crippen molar-refractivity contribution >= 4 is 5.91 Å². The van der Waals surface area contributed by atoms with Crippen LogP contribution in [-0.4, -0.2) is 42.9 Å². The SMILES string of the molecule is C[C@@H]1CCCN(C(=O)c2ccc(CN(C)C)cc2)C1. The lowest BCUT2D eigenvalue weighted by molar-refractivity contribution is 0.0683. The van der Waals surface area contributed by atoms with Crippen LogP contribution < -0.4 is 0 Å². The lowest BCUT2D eigenvalue weighted by atomic mass is 9.99. The fraction of sp³-hybridized carbons (Fsp3) is 0.562. The molecule has 3 heteroatoms. The van der Waals surface area contributed by atoms with Gasteiger partial charge in [-0.25, -0.2) is 0 Å². The zero-order valence-electron chi connectivity index (χ0n) is 12.2. The summed E-state index contributed by atoms with van der Waals surface area (Å²) in [7, 11) is 4.10. The summed E-state index contributed by atoms with van der Waals surface area (Å²) in [5.74, 6) is 0.814. The summed E-state index contributed by atoms with van der Waals surface area (Å²) in [6.45, 7) is 4.94. The van der Waals surface area contributed by atoms with Gasteiger partial charge in [0.2, 0.25) is 0 Å². The highest BCUT2D eigenvalue weighted by Crippen LogP contribution is 2.18. The maximum Gasteiger partial charge on any atom is 0.253 e. The lowest BCUT2D eigenvalue weighted by Crippen LogP contribution is -2.39. The molecule has 1 atom stereocenters. The molecule has 1 saturated heterocycles. The lowest BCUT2D eigenvalue weighted by Gasteiger charge is -2.31. The molecule has 0 bridgehead atoms. The number of piperidine rings is 1. The van der Waals surface area contributed by atoms with Crippen LogP contribution in [0.2, 0.25) is 0 Å². The van der Waals surface area contributed by atoms with Crippen molar-refractivity contribution in [1.82, 2.24) is 9.80 Å². The van der Waals surface area contributed by atoms with Gasteiger partial charge in [0, 0.05) is 25.2 Å². The maximum absolute atomic E-state index is 12.4. The van der Waals surface area contributed by atoms with Gasteiger partial charge in [0.25, 0.3) is 5.91 Å². The molecule has 0 N–H and O–H groups in total. The average Bonchev–Trinajstić information content (AvgIpc) is 2.38. The minimum absolute atomic E-state index is 0.183. The van der Waals surface area contributed by atoms with Gasteiger partial charge in [-0.3, -0.25) is 4.79 Å². The first kappa shape index (κ1) is 14.1. The average molecular weight is 260 g/mol. The Morgan fingerprint density at radius 3 is 2.58 bits per heavy atom. The van der Waals surface area contributed by atoms with E-state index in [2.05, 4.69) is 24.0 Å². The summed E-state index contributed by atoms with van der Waals surface area (Å²) in [6.07, 6.45) is 2.37. The molecule has 0 radical (unpaired) electrons. The highest BCUT2D eigenvalue weighted by atomic mass is 16.2. The number of hydrogen-bond acceptors (Lipinski definition) is 2. The summed E-state index contributed by atoms with van der Waals surface area (Å²) in [5.41, 5.74) is 2.06. The Bertz CT molecular complexity index is 425. The van der Waals surface area contributed by atoms with Gasteiger partial charge in [-0.2, -0.15) is 0 Å². The third-order valence-corrected chi connectivity index (χ3v) is 3.64. The van der Waals surface area contributed by atoms with Gasteiger partial charge < -0.3 is 9.80 Å². The topological polar surface area (TPSA) is 23.6 Å². The number of carbonyl (C=O) groups is 1. The fourth-order valence-corrected chi connectivity index (χ4v) is 2.67. The van der Waals surface area contributed by atoms with Crippen LogP contribution in [0.15, 0.2) is 24.3 Å². The zero-order valence-corrected chi connectivity index (χ0v) is 12.2. The van der Waals surface area contributed by atoms with Gasteiger partial charge in [-0.1, -0.05) is 19.1 Å². The van der Waals surface area contributed by atoms with Crippen molar-refractivity contribution in [3.63, 3.8) is 0 Å². The molecule has 1 aliphatic heterocycles. The van der Waals surface area contributed by atoms with E-state index in [4.69, 9.17) is 0 Å². The number of rotatable bonds is 3. The molecule has 1 aromatic carbocycles. The van der Waals surface area contributed by atoms with Gasteiger partial charge in [0.15, 0.2) is 0 Å². The van der Waals surface area contributed by atoms with Crippen molar-refractivity contribution in [2.45, 2.75) is 26.3 Å². The normalized spacial score (nSPS) is 19.8. The Morgan fingerprint density at radius 2 is 2.00 bits per heavy atom. The van der Waals surface area contributed by atoms with Crippen molar-refractivity contribution in [3.8, 4) is 0 Å². The van der Waals surface area contributed by atoms with Gasteiger partial charge >= 0.3 is 0 Å². The third-order valence-electron chi connectivity index (χ3n) is 3.64. The molecule has 104 valence electrons. The van der Waals surface area contributed by atoms with Gasteiger partial charge in [-0.15, -0.1) is 0 Å². The highest BCUT2D eigenvalue weighted by molar-refractivity contribution is 5.94. The summed E-state index contributed by atoms with van der Waals surface area (Å²) in [4.78, 5) is 16.5. The second kappa shape index (κ2) is 6.20. The standard InChI is InChI=1S/C16H24N2O/c1-13-5-4-10-18(11-13)16(19)15-8-6-14(7-9-15)12-17(2)3/h6-9,13H,4-5,10-12H2,1-3H3/t13-/m1/s1. The summed E-state index contributed by atoms with van der Waals surface area (Å²) in [5, 5.41) is 0. The smallest absolute Gasteiger partial charge is 0.253 e. The first-order valence-electron chi connectivity index (χ1n) is 7.09. The van der Waals surface area contributed by atoms with Crippen LogP contribution in [0.25, 0.3) is 0 Å². The van der Waals surface area contributed by atoms with Crippen LogP contribution in [0.3, 0.4) is 0 Å². The Labute approximate surface area is 116 Å². The van der Waals surface area contributed by atoms with Crippen molar-refractivity contribution in [2.75, 3.05) is 27.2 Å². The van der Waals surface area contributed by atoms with E-state index in [0.29, 0.717) is 5.92 Å². The molecule has 0 unspecified atom stereocenters. The Kier molecular flexibility index (Phi) is 4.59. The van der Waals surface area contributed by atoms with Crippen molar-refractivity contribution < 1.29 is 4.79 Å².